The van der Waals surface area contributed by atoms with Crippen molar-refractivity contribution < 1.29 is 19.0 Å². The number of nitrogens with zero attached hydrogens (tertiary/aromatic N) is 1. The third kappa shape index (κ3) is 5.27. The zero-order chi connectivity index (χ0) is 18.9. The van der Waals surface area contributed by atoms with Crippen molar-refractivity contribution >= 4 is 5.91 Å². The summed E-state index contributed by atoms with van der Waals surface area (Å²) in [5.74, 6) is 1.91. The Bertz CT molecular complexity index is 583. The Morgan fingerprint density at radius 3 is 2.38 bits per heavy atom. The van der Waals surface area contributed by atoms with Crippen LogP contribution in [0.5, 0.6) is 17.2 Å². The maximum Gasteiger partial charge on any atom is 0.220 e. The van der Waals surface area contributed by atoms with Crippen LogP contribution < -0.4 is 19.5 Å². The summed E-state index contributed by atoms with van der Waals surface area (Å²) in [6, 6.07) is 4.07. The highest BCUT2D eigenvalue weighted by Gasteiger charge is 2.21. The van der Waals surface area contributed by atoms with Crippen LogP contribution in [0.4, 0.5) is 0 Å². The first-order valence-corrected chi connectivity index (χ1v) is 9.42. The second kappa shape index (κ2) is 10.3. The van der Waals surface area contributed by atoms with Crippen molar-refractivity contribution in [2.45, 2.75) is 45.1 Å². The Kier molecular flexibility index (Phi) is 8.04. The van der Waals surface area contributed by atoms with Gasteiger partial charge in [0.05, 0.1) is 21.3 Å². The molecule has 0 unspecified atom stereocenters. The summed E-state index contributed by atoms with van der Waals surface area (Å²) in [4.78, 5) is 14.8. The first-order chi connectivity index (χ1) is 12.6. The van der Waals surface area contributed by atoms with Gasteiger partial charge in [-0.25, -0.2) is 0 Å². The lowest BCUT2D eigenvalue weighted by atomic mass is 10.0. The number of nitrogens with one attached hydrogen (secondary N) is 1. The van der Waals surface area contributed by atoms with Gasteiger partial charge < -0.3 is 24.4 Å². The molecule has 1 fully saturated rings. The summed E-state index contributed by atoms with van der Waals surface area (Å²) >= 11 is 0. The molecule has 6 heteroatoms. The van der Waals surface area contributed by atoms with Gasteiger partial charge in [-0.2, -0.15) is 0 Å². The number of benzene rings is 1. The predicted octanol–water partition coefficient (Wildman–Crippen LogP) is 2.64. The first-order valence-electron chi connectivity index (χ1n) is 9.42. The van der Waals surface area contributed by atoms with Crippen molar-refractivity contribution in [3.63, 3.8) is 0 Å². The summed E-state index contributed by atoms with van der Waals surface area (Å²) in [6.45, 7) is 5.50. The summed E-state index contributed by atoms with van der Waals surface area (Å²) < 4.78 is 16.2. The highest BCUT2D eigenvalue weighted by Crippen LogP contribution is 2.40. The van der Waals surface area contributed by atoms with Crippen LogP contribution in [-0.4, -0.2) is 57.8 Å². The number of methoxy groups -OCH3 is 3. The van der Waals surface area contributed by atoms with E-state index >= 15 is 0 Å². The Balaban J connectivity index is 1.88. The molecule has 1 saturated heterocycles. The van der Waals surface area contributed by atoms with E-state index in [1.54, 1.807) is 21.3 Å². The third-order valence-electron chi connectivity index (χ3n) is 4.90. The molecule has 26 heavy (non-hydrogen) atoms. The average Bonchev–Trinajstić information content (AvgIpc) is 2.67. The Morgan fingerprint density at radius 2 is 1.81 bits per heavy atom. The van der Waals surface area contributed by atoms with E-state index in [-0.39, 0.29) is 5.91 Å². The number of ether oxygens (including phenoxy) is 3. The lowest BCUT2D eigenvalue weighted by Crippen LogP contribution is -2.44. The number of rotatable bonds is 9. The van der Waals surface area contributed by atoms with Crippen LogP contribution in [-0.2, 0) is 11.2 Å². The molecule has 146 valence electrons. The van der Waals surface area contributed by atoms with Gasteiger partial charge in [-0.05, 0) is 43.9 Å². The van der Waals surface area contributed by atoms with Gasteiger partial charge >= 0.3 is 0 Å². The standard InChI is InChI=1S/C20H32N2O4/c1-5-12-22-13-10-16(11-14-22)21-18(23)9-7-15-6-8-17(24-2)20(26-4)19(15)25-3/h6,8,16H,5,7,9-14H2,1-4H3,(H,21,23). The minimum absolute atomic E-state index is 0.0933. The quantitative estimate of drug-likeness (QED) is 0.730. The van der Waals surface area contributed by atoms with Gasteiger partial charge in [0.15, 0.2) is 11.5 Å². The second-order valence-corrected chi connectivity index (χ2v) is 6.68. The zero-order valence-electron chi connectivity index (χ0n) is 16.5. The topological polar surface area (TPSA) is 60.0 Å². The molecule has 1 amide bonds. The highest BCUT2D eigenvalue weighted by molar-refractivity contribution is 5.76. The van der Waals surface area contributed by atoms with Crippen LogP contribution in [0.2, 0.25) is 0 Å². The van der Waals surface area contributed by atoms with Crippen LogP contribution in [0.3, 0.4) is 0 Å². The minimum atomic E-state index is 0.0933. The van der Waals surface area contributed by atoms with E-state index < -0.39 is 0 Å². The average molecular weight is 364 g/mol. The monoisotopic (exact) mass is 364 g/mol. The SMILES string of the molecule is CCCN1CCC(NC(=O)CCc2ccc(OC)c(OC)c2OC)CC1. The molecule has 0 radical (unpaired) electrons. The van der Waals surface area contributed by atoms with Crippen molar-refractivity contribution in [2.75, 3.05) is 41.0 Å². The Hall–Kier alpha value is -1.95. The van der Waals surface area contributed by atoms with Crippen molar-refractivity contribution in [1.29, 1.82) is 0 Å². The molecule has 1 aromatic rings. The molecule has 6 nitrogen and oxygen atoms in total. The molecule has 0 atom stereocenters. The summed E-state index contributed by atoms with van der Waals surface area (Å²) in [7, 11) is 4.78. The van der Waals surface area contributed by atoms with Crippen LogP contribution in [0.15, 0.2) is 12.1 Å². The molecule has 0 saturated carbocycles. The van der Waals surface area contributed by atoms with Crippen LogP contribution >= 0.6 is 0 Å². The van der Waals surface area contributed by atoms with Gasteiger partial charge in [0.2, 0.25) is 11.7 Å². The van der Waals surface area contributed by atoms with Gasteiger partial charge in [0.1, 0.15) is 0 Å². The van der Waals surface area contributed by atoms with E-state index in [0.717, 1.165) is 38.0 Å². The fourth-order valence-electron chi connectivity index (χ4n) is 3.53. The number of amides is 1. The Morgan fingerprint density at radius 1 is 1.12 bits per heavy atom. The van der Waals surface area contributed by atoms with Crippen LogP contribution in [0, 0.1) is 0 Å². The molecule has 1 aromatic carbocycles. The molecule has 1 aliphatic rings. The van der Waals surface area contributed by atoms with Gasteiger partial charge in [-0.1, -0.05) is 13.0 Å². The molecule has 0 bridgehead atoms. The fraction of sp³-hybridized carbons (Fsp3) is 0.650. The lowest BCUT2D eigenvalue weighted by Gasteiger charge is -2.32. The second-order valence-electron chi connectivity index (χ2n) is 6.68. The van der Waals surface area contributed by atoms with Gasteiger partial charge in [0.25, 0.3) is 0 Å². The molecular weight excluding hydrogens is 332 g/mol. The van der Waals surface area contributed by atoms with Crippen molar-refractivity contribution in [2.24, 2.45) is 0 Å². The lowest BCUT2D eigenvalue weighted by molar-refractivity contribution is -0.122. The molecule has 1 N–H and O–H groups in total. The molecule has 2 rings (SSSR count). The van der Waals surface area contributed by atoms with E-state index in [9.17, 15) is 4.79 Å². The molecule has 1 aliphatic heterocycles. The maximum absolute atomic E-state index is 12.3. The van der Waals surface area contributed by atoms with Gasteiger partial charge in [-0.3, -0.25) is 4.79 Å². The third-order valence-corrected chi connectivity index (χ3v) is 4.90. The number of hydrogen-bond acceptors (Lipinski definition) is 5. The van der Waals surface area contributed by atoms with Gasteiger partial charge in [-0.15, -0.1) is 0 Å². The summed E-state index contributed by atoms with van der Waals surface area (Å²) in [5.41, 5.74) is 0.943. The number of aryl methyl sites for hydroxylation is 1. The summed E-state index contributed by atoms with van der Waals surface area (Å²) in [5, 5.41) is 3.18. The van der Waals surface area contributed by atoms with Crippen molar-refractivity contribution in [3.8, 4) is 17.2 Å². The summed E-state index contributed by atoms with van der Waals surface area (Å²) in [6.07, 6.45) is 4.28. The predicted molar refractivity (Wildman–Crippen MR) is 102 cm³/mol. The van der Waals surface area contributed by atoms with Crippen molar-refractivity contribution in [3.05, 3.63) is 17.7 Å². The molecule has 1 heterocycles. The number of likely N-dealkylation sites (tertiary alicyclic amines) is 1. The number of hydrogen-bond donors (Lipinski definition) is 1. The molecule has 0 aromatic heterocycles. The normalized spacial score (nSPS) is 15.5. The van der Waals surface area contributed by atoms with E-state index in [1.165, 1.54) is 6.42 Å². The molecule has 0 spiro atoms. The zero-order valence-corrected chi connectivity index (χ0v) is 16.5. The largest absolute Gasteiger partial charge is 0.493 e. The van der Waals surface area contributed by atoms with Crippen LogP contribution in [0.25, 0.3) is 0 Å². The van der Waals surface area contributed by atoms with Gasteiger partial charge in [0, 0.05) is 25.6 Å². The fourth-order valence-corrected chi connectivity index (χ4v) is 3.53. The van der Waals surface area contributed by atoms with E-state index in [4.69, 9.17) is 14.2 Å². The van der Waals surface area contributed by atoms with E-state index in [1.807, 2.05) is 12.1 Å². The molecule has 0 aliphatic carbocycles. The van der Waals surface area contributed by atoms with E-state index in [2.05, 4.69) is 17.1 Å². The Labute approximate surface area is 156 Å². The van der Waals surface area contributed by atoms with Crippen LogP contribution in [0.1, 0.15) is 38.2 Å². The highest BCUT2D eigenvalue weighted by atomic mass is 16.5. The van der Waals surface area contributed by atoms with Crippen molar-refractivity contribution in [1.82, 2.24) is 10.2 Å². The van der Waals surface area contributed by atoms with E-state index in [0.29, 0.717) is 36.1 Å². The minimum Gasteiger partial charge on any atom is -0.493 e. The maximum atomic E-state index is 12.3. The number of piperidine rings is 1. The first kappa shape index (κ1) is 20.4. The number of carbonyl (C=O) groups excluding carboxylic acids is 1. The number of carbonyl (C=O) groups is 1. The molecular formula is C20H32N2O4. The smallest absolute Gasteiger partial charge is 0.220 e.